The molecule has 134 valence electrons. The number of carbonyl (C=O) groups excluding carboxylic acids is 1. The van der Waals surface area contributed by atoms with E-state index in [9.17, 15) is 4.79 Å². The monoisotopic (exact) mass is 358 g/mol. The summed E-state index contributed by atoms with van der Waals surface area (Å²) < 4.78 is 5.38. The molecular weight excluding hydrogens is 332 g/mol. The molecule has 2 N–H and O–H groups in total. The van der Waals surface area contributed by atoms with Crippen LogP contribution in [0.25, 0.3) is 0 Å². The summed E-state index contributed by atoms with van der Waals surface area (Å²) in [4.78, 5) is 13.3. The van der Waals surface area contributed by atoms with Crippen molar-refractivity contribution in [3.63, 3.8) is 0 Å². The van der Waals surface area contributed by atoms with Crippen LogP contribution in [0.1, 0.15) is 29.7 Å². The zero-order valence-electron chi connectivity index (χ0n) is 15.3. The minimum absolute atomic E-state index is 0.125. The zero-order chi connectivity index (χ0) is 18.2. The van der Waals surface area contributed by atoms with Gasteiger partial charge in [-0.2, -0.15) is 0 Å². The van der Waals surface area contributed by atoms with Crippen molar-refractivity contribution < 1.29 is 9.53 Å². The van der Waals surface area contributed by atoms with Gasteiger partial charge in [0.1, 0.15) is 5.75 Å². The van der Waals surface area contributed by atoms with Crippen molar-refractivity contribution in [3.8, 4) is 5.75 Å². The molecule has 2 amide bonds. The van der Waals surface area contributed by atoms with Crippen molar-refractivity contribution in [2.24, 2.45) is 0 Å². The van der Waals surface area contributed by atoms with Crippen molar-refractivity contribution in [2.75, 3.05) is 19.4 Å². The topological polar surface area (TPSA) is 50.4 Å². The number of benzene rings is 2. The largest absolute Gasteiger partial charge is 0.496 e. The van der Waals surface area contributed by atoms with Gasteiger partial charge in [0.2, 0.25) is 0 Å². The van der Waals surface area contributed by atoms with Crippen LogP contribution in [0.4, 0.5) is 4.79 Å². The number of urea groups is 1. The average Bonchev–Trinajstić information content (AvgIpc) is 2.60. The molecule has 0 aliphatic heterocycles. The van der Waals surface area contributed by atoms with Gasteiger partial charge in [0.15, 0.2) is 0 Å². The first-order valence-corrected chi connectivity index (χ1v) is 9.36. The second-order valence-corrected chi connectivity index (χ2v) is 7.20. The van der Waals surface area contributed by atoms with Crippen LogP contribution in [0.5, 0.6) is 5.75 Å². The van der Waals surface area contributed by atoms with Crippen LogP contribution in [0, 0.1) is 13.8 Å². The summed E-state index contributed by atoms with van der Waals surface area (Å²) in [6.07, 6.45) is 0. The molecule has 0 radical (unpaired) electrons. The Morgan fingerprint density at radius 3 is 2.48 bits per heavy atom. The highest BCUT2D eigenvalue weighted by Gasteiger charge is 2.14. The van der Waals surface area contributed by atoms with E-state index in [0.717, 1.165) is 22.6 Å². The van der Waals surface area contributed by atoms with E-state index in [0.29, 0.717) is 6.54 Å². The fourth-order valence-corrected chi connectivity index (χ4v) is 3.25. The molecule has 0 aromatic heterocycles. The Balaban J connectivity index is 1.78. The lowest BCUT2D eigenvalue weighted by atomic mass is 10.0. The van der Waals surface area contributed by atoms with Gasteiger partial charge in [0.05, 0.1) is 13.2 Å². The molecule has 0 saturated heterocycles. The van der Waals surface area contributed by atoms with Crippen molar-refractivity contribution in [2.45, 2.75) is 31.7 Å². The molecule has 2 rings (SSSR count). The number of aryl methyl sites for hydroxylation is 2. The molecule has 5 heteroatoms. The molecule has 0 spiro atoms. The van der Waals surface area contributed by atoms with Crippen LogP contribution >= 0.6 is 11.8 Å². The first-order chi connectivity index (χ1) is 12.0. The third-order valence-electron chi connectivity index (χ3n) is 3.88. The predicted octanol–water partition coefficient (Wildman–Crippen LogP) is 4.46. The molecule has 0 saturated carbocycles. The molecule has 25 heavy (non-hydrogen) atoms. The Morgan fingerprint density at radius 1 is 1.12 bits per heavy atom. The number of thioether (sulfide) groups is 1. The van der Waals surface area contributed by atoms with Crippen LogP contribution in [0.2, 0.25) is 0 Å². The Labute approximate surface area is 154 Å². The van der Waals surface area contributed by atoms with Crippen molar-refractivity contribution >= 4 is 17.8 Å². The number of carbonyl (C=O) groups is 1. The molecule has 0 heterocycles. The summed E-state index contributed by atoms with van der Waals surface area (Å²) >= 11 is 1.73. The molecule has 2 aromatic carbocycles. The van der Waals surface area contributed by atoms with E-state index in [4.69, 9.17) is 4.74 Å². The van der Waals surface area contributed by atoms with Crippen molar-refractivity contribution in [1.29, 1.82) is 0 Å². The van der Waals surface area contributed by atoms with Gasteiger partial charge in [-0.1, -0.05) is 35.4 Å². The summed E-state index contributed by atoms with van der Waals surface area (Å²) in [5.74, 6) is 1.62. The first-order valence-electron chi connectivity index (χ1n) is 8.38. The van der Waals surface area contributed by atoms with E-state index in [1.165, 1.54) is 10.5 Å². The fourth-order valence-electron chi connectivity index (χ4n) is 2.49. The highest BCUT2D eigenvalue weighted by molar-refractivity contribution is 7.99. The smallest absolute Gasteiger partial charge is 0.315 e. The normalized spacial score (nSPS) is 11.7. The quantitative estimate of drug-likeness (QED) is 0.567. The second-order valence-electron chi connectivity index (χ2n) is 6.03. The molecule has 2 aromatic rings. The van der Waals surface area contributed by atoms with Crippen LogP contribution in [-0.4, -0.2) is 25.4 Å². The second kappa shape index (κ2) is 9.37. The lowest BCUT2D eigenvalue weighted by molar-refractivity contribution is 0.238. The summed E-state index contributed by atoms with van der Waals surface area (Å²) in [6, 6.07) is 14.1. The maximum Gasteiger partial charge on any atom is 0.315 e. The van der Waals surface area contributed by atoms with Gasteiger partial charge in [0, 0.05) is 22.8 Å². The molecule has 4 nitrogen and oxygen atoms in total. The molecule has 0 aliphatic carbocycles. The maximum absolute atomic E-state index is 12.1. The minimum Gasteiger partial charge on any atom is -0.496 e. The number of methoxy groups -OCH3 is 1. The molecule has 1 unspecified atom stereocenters. The average molecular weight is 359 g/mol. The number of hydrogen-bond donors (Lipinski definition) is 2. The molecule has 0 aliphatic rings. The van der Waals surface area contributed by atoms with Gasteiger partial charge in [-0.25, -0.2) is 4.79 Å². The predicted molar refractivity (Wildman–Crippen MR) is 105 cm³/mol. The van der Waals surface area contributed by atoms with E-state index in [1.54, 1.807) is 18.9 Å². The Bertz CT molecular complexity index is 701. The molecule has 0 bridgehead atoms. The Hall–Kier alpha value is -2.14. The van der Waals surface area contributed by atoms with Crippen molar-refractivity contribution in [1.82, 2.24) is 10.6 Å². The number of amides is 2. The van der Waals surface area contributed by atoms with Crippen LogP contribution in [0.15, 0.2) is 47.4 Å². The van der Waals surface area contributed by atoms with E-state index in [2.05, 4.69) is 41.8 Å². The van der Waals surface area contributed by atoms with Gasteiger partial charge in [-0.15, -0.1) is 11.8 Å². The third kappa shape index (κ3) is 6.02. The summed E-state index contributed by atoms with van der Waals surface area (Å²) in [5.41, 5.74) is 3.37. The summed E-state index contributed by atoms with van der Waals surface area (Å²) in [6.45, 7) is 6.67. The Morgan fingerprint density at radius 2 is 1.80 bits per heavy atom. The number of hydrogen-bond acceptors (Lipinski definition) is 3. The van der Waals surface area contributed by atoms with Gasteiger partial charge in [0.25, 0.3) is 0 Å². The lowest BCUT2D eigenvalue weighted by Crippen LogP contribution is -2.38. The zero-order valence-corrected chi connectivity index (χ0v) is 16.1. The fraction of sp³-hybridized carbons (Fsp3) is 0.350. The van der Waals surface area contributed by atoms with Gasteiger partial charge < -0.3 is 15.4 Å². The van der Waals surface area contributed by atoms with E-state index < -0.39 is 0 Å². The van der Waals surface area contributed by atoms with Crippen molar-refractivity contribution in [3.05, 3.63) is 59.2 Å². The number of rotatable bonds is 7. The molecule has 0 fully saturated rings. The Kier molecular flexibility index (Phi) is 7.19. The van der Waals surface area contributed by atoms with E-state index in [-0.39, 0.29) is 12.1 Å². The standard InChI is InChI=1S/C20H26N2O2S/c1-14-5-8-17(9-6-14)25-12-11-21-20(23)22-16(3)18-13-15(2)7-10-19(18)24-4/h5-10,13,16H,11-12H2,1-4H3,(H2,21,22,23). The summed E-state index contributed by atoms with van der Waals surface area (Å²) in [7, 11) is 1.64. The third-order valence-corrected chi connectivity index (χ3v) is 4.89. The highest BCUT2D eigenvalue weighted by Crippen LogP contribution is 2.26. The minimum atomic E-state index is -0.166. The number of ether oxygens (including phenoxy) is 1. The van der Waals surface area contributed by atoms with Gasteiger partial charge in [-0.3, -0.25) is 0 Å². The molecular formula is C20H26N2O2S. The van der Waals surface area contributed by atoms with Crippen LogP contribution in [-0.2, 0) is 0 Å². The van der Waals surface area contributed by atoms with Gasteiger partial charge >= 0.3 is 6.03 Å². The maximum atomic E-state index is 12.1. The van der Waals surface area contributed by atoms with Crippen LogP contribution in [0.3, 0.4) is 0 Å². The highest BCUT2D eigenvalue weighted by atomic mass is 32.2. The summed E-state index contributed by atoms with van der Waals surface area (Å²) in [5, 5.41) is 5.87. The SMILES string of the molecule is COc1ccc(C)cc1C(C)NC(=O)NCCSc1ccc(C)cc1. The first kappa shape index (κ1) is 19.2. The van der Waals surface area contributed by atoms with E-state index >= 15 is 0 Å². The van der Waals surface area contributed by atoms with Crippen LogP contribution < -0.4 is 15.4 Å². The number of nitrogens with one attached hydrogen (secondary N) is 2. The van der Waals surface area contributed by atoms with Gasteiger partial charge in [-0.05, 0) is 39.0 Å². The molecule has 1 atom stereocenters. The lowest BCUT2D eigenvalue weighted by Gasteiger charge is -2.18. The van der Waals surface area contributed by atoms with E-state index in [1.807, 2.05) is 32.0 Å².